The summed E-state index contributed by atoms with van der Waals surface area (Å²) in [6.45, 7) is 5.86. The lowest BCUT2D eigenvalue weighted by atomic mass is 10.1. The minimum absolute atomic E-state index is 0.206. The summed E-state index contributed by atoms with van der Waals surface area (Å²) >= 11 is 3.65. The molecule has 2 aromatic rings. The minimum atomic E-state index is 0.206. The number of hydrogen-bond acceptors (Lipinski definition) is 2. The maximum absolute atomic E-state index is 6.26. The first kappa shape index (κ1) is 13.9. The number of nitrogens with zero attached hydrogens (tertiary/aromatic N) is 3. The molecular weight excluding hydrogens is 316 g/mol. The summed E-state index contributed by atoms with van der Waals surface area (Å²) in [7, 11) is 0. The van der Waals surface area contributed by atoms with Gasteiger partial charge in [-0.2, -0.15) is 5.10 Å². The highest BCUT2D eigenvalue weighted by Gasteiger charge is 2.29. The molecule has 1 saturated carbocycles. The summed E-state index contributed by atoms with van der Waals surface area (Å²) in [5.41, 5.74) is 9.77. The molecule has 2 aromatic heterocycles. The number of halogens is 1. The summed E-state index contributed by atoms with van der Waals surface area (Å²) in [4.78, 5) is 0. The smallest absolute Gasteiger partial charge is 0.0739 e. The van der Waals surface area contributed by atoms with Crippen LogP contribution in [0.25, 0.3) is 0 Å². The topological polar surface area (TPSA) is 48.8 Å². The van der Waals surface area contributed by atoms with Gasteiger partial charge in [0.25, 0.3) is 0 Å². The Morgan fingerprint density at radius 1 is 1.50 bits per heavy atom. The molecule has 4 nitrogen and oxygen atoms in total. The Morgan fingerprint density at radius 3 is 2.90 bits per heavy atom. The third kappa shape index (κ3) is 2.56. The second-order valence-electron chi connectivity index (χ2n) is 5.64. The first-order valence-corrected chi connectivity index (χ1v) is 8.02. The molecule has 2 heterocycles. The first-order chi connectivity index (χ1) is 9.60. The second kappa shape index (κ2) is 5.37. The number of hydrogen-bond donors (Lipinski definition) is 1. The van der Waals surface area contributed by atoms with Gasteiger partial charge in [0.15, 0.2) is 0 Å². The molecule has 0 amide bonds. The van der Waals surface area contributed by atoms with E-state index >= 15 is 0 Å². The molecule has 1 atom stereocenters. The highest BCUT2D eigenvalue weighted by molar-refractivity contribution is 9.10. The molecule has 0 saturated heterocycles. The molecule has 1 aliphatic carbocycles. The van der Waals surface area contributed by atoms with E-state index in [4.69, 9.17) is 5.73 Å². The molecule has 2 N–H and O–H groups in total. The van der Waals surface area contributed by atoms with Crippen LogP contribution in [-0.2, 0) is 13.1 Å². The Hall–Kier alpha value is -1.07. The molecule has 1 aliphatic rings. The SMILES string of the molecule is CCn1nc(C)c(Br)c1Cn1ccc(C(N)C2CC2)c1. The quantitative estimate of drug-likeness (QED) is 0.911. The van der Waals surface area contributed by atoms with Gasteiger partial charge in [0, 0.05) is 25.0 Å². The Balaban J connectivity index is 1.81. The van der Waals surface area contributed by atoms with Gasteiger partial charge in [-0.1, -0.05) is 0 Å². The molecule has 108 valence electrons. The fraction of sp³-hybridized carbons (Fsp3) is 0.533. The zero-order valence-electron chi connectivity index (χ0n) is 12.0. The summed E-state index contributed by atoms with van der Waals surface area (Å²) < 4.78 is 5.37. The molecule has 1 fully saturated rings. The number of aromatic nitrogens is 3. The van der Waals surface area contributed by atoms with E-state index < -0.39 is 0 Å². The van der Waals surface area contributed by atoms with Gasteiger partial charge in [-0.25, -0.2) is 0 Å². The van der Waals surface area contributed by atoms with Crippen molar-refractivity contribution in [1.82, 2.24) is 14.3 Å². The van der Waals surface area contributed by atoms with Crippen molar-refractivity contribution in [3.8, 4) is 0 Å². The van der Waals surface area contributed by atoms with Crippen LogP contribution in [0.2, 0.25) is 0 Å². The van der Waals surface area contributed by atoms with Crippen molar-refractivity contribution in [2.45, 2.75) is 45.8 Å². The number of rotatable bonds is 5. The molecular formula is C15H21BrN4. The molecule has 5 heteroatoms. The van der Waals surface area contributed by atoms with Gasteiger partial charge in [0.1, 0.15) is 0 Å². The Kier molecular flexibility index (Phi) is 3.73. The van der Waals surface area contributed by atoms with E-state index in [1.807, 2.05) is 6.92 Å². The lowest BCUT2D eigenvalue weighted by Gasteiger charge is -2.09. The van der Waals surface area contributed by atoms with Gasteiger partial charge in [-0.05, 0) is 60.2 Å². The van der Waals surface area contributed by atoms with Crippen molar-refractivity contribution in [1.29, 1.82) is 0 Å². The third-order valence-electron chi connectivity index (χ3n) is 4.07. The Labute approximate surface area is 128 Å². The van der Waals surface area contributed by atoms with Crippen LogP contribution in [0.5, 0.6) is 0 Å². The van der Waals surface area contributed by atoms with Gasteiger partial charge < -0.3 is 10.3 Å². The fourth-order valence-corrected chi connectivity index (χ4v) is 3.08. The predicted molar refractivity (Wildman–Crippen MR) is 83.5 cm³/mol. The molecule has 0 aliphatic heterocycles. The number of aryl methyl sites for hydroxylation is 2. The normalized spacial score (nSPS) is 16.6. The van der Waals surface area contributed by atoms with Gasteiger partial charge >= 0.3 is 0 Å². The Bertz CT molecular complexity index is 609. The van der Waals surface area contributed by atoms with Crippen LogP contribution in [0.4, 0.5) is 0 Å². The zero-order chi connectivity index (χ0) is 14.3. The van der Waals surface area contributed by atoms with Crippen LogP contribution in [0.3, 0.4) is 0 Å². The third-order valence-corrected chi connectivity index (χ3v) is 5.10. The van der Waals surface area contributed by atoms with E-state index in [1.165, 1.54) is 24.1 Å². The number of nitrogens with two attached hydrogens (primary N) is 1. The van der Waals surface area contributed by atoms with E-state index in [0.717, 1.165) is 23.3 Å². The summed E-state index contributed by atoms with van der Waals surface area (Å²) in [5, 5.41) is 4.54. The first-order valence-electron chi connectivity index (χ1n) is 7.23. The monoisotopic (exact) mass is 336 g/mol. The summed E-state index contributed by atoms with van der Waals surface area (Å²) in [5.74, 6) is 0.695. The second-order valence-corrected chi connectivity index (χ2v) is 6.44. The summed E-state index contributed by atoms with van der Waals surface area (Å²) in [6.07, 6.45) is 6.85. The van der Waals surface area contributed by atoms with Gasteiger partial charge in [0.05, 0.1) is 22.4 Å². The maximum Gasteiger partial charge on any atom is 0.0739 e. The fourth-order valence-electron chi connectivity index (χ4n) is 2.68. The van der Waals surface area contributed by atoms with Crippen LogP contribution in [-0.4, -0.2) is 14.3 Å². The summed E-state index contributed by atoms with van der Waals surface area (Å²) in [6, 6.07) is 2.36. The van der Waals surface area contributed by atoms with Crippen molar-refractivity contribution in [2.24, 2.45) is 11.7 Å². The van der Waals surface area contributed by atoms with E-state index in [0.29, 0.717) is 5.92 Å². The van der Waals surface area contributed by atoms with Crippen LogP contribution in [0.1, 0.15) is 42.8 Å². The van der Waals surface area contributed by atoms with E-state index in [-0.39, 0.29) is 6.04 Å². The Morgan fingerprint density at radius 2 is 2.25 bits per heavy atom. The molecule has 20 heavy (non-hydrogen) atoms. The van der Waals surface area contributed by atoms with Crippen molar-refractivity contribution in [2.75, 3.05) is 0 Å². The van der Waals surface area contributed by atoms with E-state index in [9.17, 15) is 0 Å². The van der Waals surface area contributed by atoms with Crippen molar-refractivity contribution < 1.29 is 0 Å². The maximum atomic E-state index is 6.26. The highest BCUT2D eigenvalue weighted by Crippen LogP contribution is 2.39. The lowest BCUT2D eigenvalue weighted by Crippen LogP contribution is -2.12. The highest BCUT2D eigenvalue weighted by atomic mass is 79.9. The van der Waals surface area contributed by atoms with Crippen molar-refractivity contribution in [3.63, 3.8) is 0 Å². The van der Waals surface area contributed by atoms with Crippen molar-refractivity contribution >= 4 is 15.9 Å². The van der Waals surface area contributed by atoms with E-state index in [2.05, 4.69) is 55.7 Å². The van der Waals surface area contributed by atoms with Gasteiger partial charge in [-0.15, -0.1) is 0 Å². The molecule has 1 unspecified atom stereocenters. The molecule has 0 aromatic carbocycles. The van der Waals surface area contributed by atoms with Crippen LogP contribution in [0.15, 0.2) is 22.9 Å². The molecule has 0 radical (unpaired) electrons. The van der Waals surface area contributed by atoms with E-state index in [1.54, 1.807) is 0 Å². The molecule has 3 rings (SSSR count). The minimum Gasteiger partial charge on any atom is -0.348 e. The van der Waals surface area contributed by atoms with Gasteiger partial charge in [-0.3, -0.25) is 4.68 Å². The zero-order valence-corrected chi connectivity index (χ0v) is 13.6. The largest absolute Gasteiger partial charge is 0.348 e. The average Bonchev–Trinajstić information content (AvgIpc) is 3.13. The standard InChI is InChI=1S/C15H21BrN4/c1-3-20-13(14(16)10(2)18-20)9-19-7-6-12(8-19)15(17)11-4-5-11/h6-8,11,15H,3-5,9,17H2,1-2H3. The molecule has 0 bridgehead atoms. The van der Waals surface area contributed by atoms with Crippen LogP contribution >= 0.6 is 15.9 Å². The average molecular weight is 337 g/mol. The van der Waals surface area contributed by atoms with Crippen LogP contribution < -0.4 is 5.73 Å². The lowest BCUT2D eigenvalue weighted by molar-refractivity contribution is 0.594. The van der Waals surface area contributed by atoms with Gasteiger partial charge in [0.2, 0.25) is 0 Å². The molecule has 0 spiro atoms. The predicted octanol–water partition coefficient (Wildman–Crippen LogP) is 3.23. The van der Waals surface area contributed by atoms with Crippen LogP contribution in [0, 0.1) is 12.8 Å². The van der Waals surface area contributed by atoms with Crippen molar-refractivity contribution in [3.05, 3.63) is 39.9 Å².